The molecule has 10 heteroatoms. The van der Waals surface area contributed by atoms with Crippen molar-refractivity contribution in [1.29, 1.82) is 0 Å². The number of hydrogen-bond donors (Lipinski definition) is 1. The Hall–Kier alpha value is -2.49. The summed E-state index contributed by atoms with van der Waals surface area (Å²) in [6.07, 6.45) is 2.05. The van der Waals surface area contributed by atoms with Crippen LogP contribution in [0.5, 0.6) is 0 Å². The van der Waals surface area contributed by atoms with Gasteiger partial charge in [0.15, 0.2) is 4.90 Å². The first-order valence-corrected chi connectivity index (χ1v) is 6.25. The van der Waals surface area contributed by atoms with Crippen molar-refractivity contribution in [2.45, 2.75) is 4.90 Å². The maximum atomic E-state index is 13.3. The number of rotatable bonds is 4. The molecule has 2 aromatic rings. The first kappa shape index (κ1) is 13.0. The molecule has 1 N–H and O–H groups in total. The normalized spacial score (nSPS) is 11.2. The number of nitro groups is 1. The Balaban J connectivity index is 2.52. The highest BCUT2D eigenvalue weighted by atomic mass is 32.2. The lowest BCUT2D eigenvalue weighted by atomic mass is 10.3. The van der Waals surface area contributed by atoms with Crippen LogP contribution in [0.15, 0.2) is 40.1 Å². The summed E-state index contributed by atoms with van der Waals surface area (Å²) in [5.74, 6) is -1.24. The lowest BCUT2D eigenvalue weighted by molar-refractivity contribution is -0.390. The van der Waals surface area contributed by atoms with E-state index in [0.29, 0.717) is 0 Å². The maximum absolute atomic E-state index is 13.3. The van der Waals surface area contributed by atoms with Crippen LogP contribution in [0.2, 0.25) is 0 Å². The van der Waals surface area contributed by atoms with Crippen LogP contribution in [0.25, 0.3) is 0 Å². The van der Waals surface area contributed by atoms with Gasteiger partial charge in [-0.1, -0.05) is 11.2 Å². The molecule has 0 fully saturated rings. The van der Waals surface area contributed by atoms with Gasteiger partial charge in [-0.3, -0.25) is 14.8 Å². The molecular formula is C9H6FN3O5S. The van der Waals surface area contributed by atoms with E-state index in [4.69, 9.17) is 0 Å². The van der Waals surface area contributed by atoms with Gasteiger partial charge in [-0.25, -0.2) is 8.42 Å². The minimum absolute atomic E-state index is 0.0291. The number of anilines is 1. The largest absolute Gasteiger partial charge is 0.362 e. The molecule has 0 aliphatic heterocycles. The van der Waals surface area contributed by atoms with E-state index in [2.05, 4.69) is 9.68 Å². The number of hydrogen-bond acceptors (Lipinski definition) is 6. The van der Waals surface area contributed by atoms with Crippen molar-refractivity contribution in [3.8, 4) is 0 Å². The molecule has 0 unspecified atom stereocenters. The number of para-hydroxylation sites is 1. The highest BCUT2D eigenvalue weighted by molar-refractivity contribution is 7.92. The number of aromatic nitrogens is 1. The number of nitrogens with one attached hydrogen (secondary N) is 1. The van der Waals surface area contributed by atoms with Gasteiger partial charge in [-0.2, -0.15) is 4.39 Å². The van der Waals surface area contributed by atoms with Gasteiger partial charge in [-0.15, -0.1) is 0 Å². The first-order chi connectivity index (χ1) is 8.92. The van der Waals surface area contributed by atoms with E-state index >= 15 is 0 Å². The fourth-order valence-electron chi connectivity index (χ4n) is 1.35. The molecule has 0 atom stereocenters. The van der Waals surface area contributed by atoms with Gasteiger partial charge in [-0.05, 0) is 12.1 Å². The third kappa shape index (κ3) is 2.52. The van der Waals surface area contributed by atoms with Crippen molar-refractivity contribution >= 4 is 21.4 Å². The smallest absolute Gasteiger partial charge is 0.325 e. The number of halogens is 1. The Labute approximate surface area is 106 Å². The molecule has 0 bridgehead atoms. The first-order valence-electron chi connectivity index (χ1n) is 4.77. The Morgan fingerprint density at radius 1 is 1.42 bits per heavy atom. The number of nitrogens with zero attached hydrogens (tertiary/aromatic N) is 2. The molecular weight excluding hydrogens is 281 g/mol. The van der Waals surface area contributed by atoms with Gasteiger partial charge in [0.05, 0.1) is 11.1 Å². The highest BCUT2D eigenvalue weighted by Gasteiger charge is 2.29. The summed E-state index contributed by atoms with van der Waals surface area (Å²) in [5, 5.41) is 14.0. The SMILES string of the molecule is O=[N+]([O-])c1c(F)cccc1S(=O)(=O)Nc1cnoc1. The fraction of sp³-hybridized carbons (Fsp3) is 0. The molecule has 0 radical (unpaired) electrons. The third-order valence-corrected chi connectivity index (χ3v) is 3.52. The van der Waals surface area contributed by atoms with Gasteiger partial charge in [0.2, 0.25) is 5.82 Å². The predicted molar refractivity (Wildman–Crippen MR) is 60.4 cm³/mol. The van der Waals surface area contributed by atoms with Crippen LogP contribution >= 0.6 is 0 Å². The Morgan fingerprint density at radius 3 is 2.74 bits per heavy atom. The van der Waals surface area contributed by atoms with E-state index in [-0.39, 0.29) is 5.69 Å². The quantitative estimate of drug-likeness (QED) is 0.673. The third-order valence-electron chi connectivity index (χ3n) is 2.11. The summed E-state index contributed by atoms with van der Waals surface area (Å²) in [5.41, 5.74) is -1.15. The topological polar surface area (TPSA) is 115 Å². The fourth-order valence-corrected chi connectivity index (χ4v) is 2.56. The van der Waals surface area contributed by atoms with Crippen LogP contribution in [-0.4, -0.2) is 18.5 Å². The molecule has 0 saturated heterocycles. The molecule has 2 rings (SSSR count). The van der Waals surface area contributed by atoms with Crippen molar-refractivity contribution in [3.05, 3.63) is 46.6 Å². The zero-order valence-corrected chi connectivity index (χ0v) is 9.93. The van der Waals surface area contributed by atoms with Crippen molar-refractivity contribution in [1.82, 2.24) is 5.16 Å². The Bertz CT molecular complexity index is 713. The Kier molecular flexibility index (Phi) is 3.17. The minimum atomic E-state index is -4.31. The van der Waals surface area contributed by atoms with Gasteiger partial charge < -0.3 is 4.52 Å². The predicted octanol–water partition coefficient (Wildman–Crippen LogP) is 1.52. The second-order valence-electron chi connectivity index (χ2n) is 3.36. The lowest BCUT2D eigenvalue weighted by Crippen LogP contribution is -2.15. The van der Waals surface area contributed by atoms with Crippen LogP contribution in [0.4, 0.5) is 15.8 Å². The average molecular weight is 287 g/mol. The number of nitro benzene ring substituents is 1. The minimum Gasteiger partial charge on any atom is -0.362 e. The molecule has 8 nitrogen and oxygen atoms in total. The maximum Gasteiger partial charge on any atom is 0.325 e. The monoisotopic (exact) mass is 287 g/mol. The van der Waals surface area contributed by atoms with E-state index in [1.54, 1.807) is 0 Å². The van der Waals surface area contributed by atoms with E-state index in [0.717, 1.165) is 30.7 Å². The second kappa shape index (κ2) is 4.65. The standard InChI is InChI=1S/C9H6FN3O5S/c10-7-2-1-3-8(9(7)13(14)15)19(16,17)12-6-4-11-18-5-6/h1-5,12H. The van der Waals surface area contributed by atoms with Gasteiger partial charge >= 0.3 is 5.69 Å². The zero-order valence-electron chi connectivity index (χ0n) is 9.11. The molecule has 0 amide bonds. The molecule has 1 aromatic carbocycles. The molecule has 19 heavy (non-hydrogen) atoms. The summed E-state index contributed by atoms with van der Waals surface area (Å²) >= 11 is 0. The molecule has 1 heterocycles. The second-order valence-corrected chi connectivity index (χ2v) is 5.01. The van der Waals surface area contributed by atoms with Crippen molar-refractivity contribution in [3.63, 3.8) is 0 Å². The summed E-state index contributed by atoms with van der Waals surface area (Å²) in [6, 6.07) is 2.79. The van der Waals surface area contributed by atoms with Crippen LogP contribution in [0.3, 0.4) is 0 Å². The van der Waals surface area contributed by atoms with Gasteiger partial charge in [0.1, 0.15) is 12.0 Å². The highest BCUT2D eigenvalue weighted by Crippen LogP contribution is 2.28. The molecule has 0 spiro atoms. The van der Waals surface area contributed by atoms with Gasteiger partial charge in [0, 0.05) is 0 Å². The molecule has 0 aliphatic rings. The van der Waals surface area contributed by atoms with Crippen LogP contribution in [0.1, 0.15) is 0 Å². The van der Waals surface area contributed by atoms with Crippen molar-refractivity contribution in [2.24, 2.45) is 0 Å². The van der Waals surface area contributed by atoms with E-state index in [1.165, 1.54) is 0 Å². The number of sulfonamides is 1. The summed E-state index contributed by atoms with van der Waals surface area (Å²) in [4.78, 5) is 8.86. The average Bonchev–Trinajstić information content (AvgIpc) is 2.80. The van der Waals surface area contributed by atoms with Crippen molar-refractivity contribution in [2.75, 3.05) is 4.72 Å². The zero-order chi connectivity index (χ0) is 14.0. The van der Waals surface area contributed by atoms with E-state index in [1.807, 2.05) is 4.72 Å². The van der Waals surface area contributed by atoms with Crippen LogP contribution in [0, 0.1) is 15.9 Å². The summed E-state index contributed by atoms with van der Waals surface area (Å²) < 4.78 is 43.6. The van der Waals surface area contributed by atoms with Crippen LogP contribution in [-0.2, 0) is 10.0 Å². The van der Waals surface area contributed by atoms with Crippen molar-refractivity contribution < 1.29 is 22.3 Å². The van der Waals surface area contributed by atoms with E-state index in [9.17, 15) is 22.9 Å². The molecule has 0 aliphatic carbocycles. The summed E-state index contributed by atoms with van der Waals surface area (Å²) in [7, 11) is -4.31. The lowest BCUT2D eigenvalue weighted by Gasteiger charge is -2.06. The molecule has 1 aromatic heterocycles. The number of benzene rings is 1. The van der Waals surface area contributed by atoms with Gasteiger partial charge in [0.25, 0.3) is 10.0 Å². The molecule has 0 saturated carbocycles. The Morgan fingerprint density at radius 2 is 2.16 bits per heavy atom. The molecule has 100 valence electrons. The van der Waals surface area contributed by atoms with E-state index < -0.39 is 31.3 Å². The summed E-state index contributed by atoms with van der Waals surface area (Å²) in [6.45, 7) is 0. The van der Waals surface area contributed by atoms with Crippen LogP contribution < -0.4 is 4.72 Å².